The average molecular weight is 365 g/mol. The molecule has 0 bridgehead atoms. The Balaban J connectivity index is 2.19. The van der Waals surface area contributed by atoms with Crippen LogP contribution in [0.25, 0.3) is 0 Å². The van der Waals surface area contributed by atoms with Crippen LogP contribution in [0.15, 0.2) is 45.9 Å². The van der Waals surface area contributed by atoms with Gasteiger partial charge in [0.15, 0.2) is 0 Å². The van der Waals surface area contributed by atoms with Crippen molar-refractivity contribution in [3.8, 4) is 0 Å². The molecule has 0 fully saturated rings. The number of furan rings is 1. The summed E-state index contributed by atoms with van der Waals surface area (Å²) in [6.07, 6.45) is 1.59. The molecule has 7 nitrogen and oxygen atoms in total. The van der Waals surface area contributed by atoms with Crippen molar-refractivity contribution in [1.82, 2.24) is 14.9 Å². The summed E-state index contributed by atoms with van der Waals surface area (Å²) in [6.45, 7) is 2.10. The van der Waals surface area contributed by atoms with E-state index in [9.17, 15) is 13.2 Å². The van der Waals surface area contributed by atoms with Crippen LogP contribution in [-0.2, 0) is 10.0 Å². The molecule has 1 aromatic carbocycles. The lowest BCUT2D eigenvalue weighted by molar-refractivity contribution is 0.0938. The quantitative estimate of drug-likeness (QED) is 0.776. The number of likely N-dealkylation sites (N-methyl/N-ethyl adjacent to an activating group) is 1. The zero-order valence-corrected chi connectivity index (χ0v) is 15.6. The molecule has 136 valence electrons. The maximum Gasteiger partial charge on any atom is 0.251 e. The molecule has 0 saturated carbocycles. The third-order valence-corrected chi connectivity index (χ3v) is 5.40. The molecule has 1 unspecified atom stereocenters. The van der Waals surface area contributed by atoms with Crippen LogP contribution in [0.5, 0.6) is 0 Å². The highest BCUT2D eigenvalue weighted by molar-refractivity contribution is 7.89. The van der Waals surface area contributed by atoms with Crippen LogP contribution in [0.4, 0.5) is 0 Å². The Kier molecular flexibility index (Phi) is 5.99. The van der Waals surface area contributed by atoms with Gasteiger partial charge in [-0.1, -0.05) is 6.07 Å². The van der Waals surface area contributed by atoms with Crippen LogP contribution < -0.4 is 10.0 Å². The summed E-state index contributed by atoms with van der Waals surface area (Å²) in [4.78, 5) is 14.5. The Labute approximate surface area is 148 Å². The molecule has 1 amide bonds. The minimum Gasteiger partial charge on any atom is -0.468 e. The fraction of sp³-hybridized carbons (Fsp3) is 0.353. The molecular formula is C17H23N3O4S. The topological polar surface area (TPSA) is 91.6 Å². The predicted molar refractivity (Wildman–Crippen MR) is 94.9 cm³/mol. The molecule has 2 rings (SSSR count). The second-order valence-electron chi connectivity index (χ2n) is 5.89. The number of hydrogen-bond donors (Lipinski definition) is 2. The van der Waals surface area contributed by atoms with Crippen LogP contribution in [0.3, 0.4) is 0 Å². The average Bonchev–Trinajstić information content (AvgIpc) is 3.09. The molecule has 1 atom stereocenters. The Bertz CT molecular complexity index is 830. The number of aryl methyl sites for hydroxylation is 1. The van der Waals surface area contributed by atoms with Crippen LogP contribution in [0, 0.1) is 6.92 Å². The van der Waals surface area contributed by atoms with Gasteiger partial charge in [-0.2, -0.15) is 0 Å². The smallest absolute Gasteiger partial charge is 0.251 e. The van der Waals surface area contributed by atoms with Crippen molar-refractivity contribution < 1.29 is 17.6 Å². The summed E-state index contributed by atoms with van der Waals surface area (Å²) in [5, 5.41) is 2.85. The molecule has 1 aromatic heterocycles. The highest BCUT2D eigenvalue weighted by Crippen LogP contribution is 2.19. The first-order valence-electron chi connectivity index (χ1n) is 7.78. The van der Waals surface area contributed by atoms with Gasteiger partial charge < -0.3 is 9.73 Å². The van der Waals surface area contributed by atoms with Crippen molar-refractivity contribution in [3.05, 3.63) is 53.5 Å². The van der Waals surface area contributed by atoms with Crippen molar-refractivity contribution in [2.24, 2.45) is 0 Å². The number of rotatable bonds is 7. The normalized spacial score (nSPS) is 13.0. The van der Waals surface area contributed by atoms with E-state index < -0.39 is 10.0 Å². The van der Waals surface area contributed by atoms with Crippen molar-refractivity contribution in [3.63, 3.8) is 0 Å². The van der Waals surface area contributed by atoms with Gasteiger partial charge in [0.25, 0.3) is 5.91 Å². The third-order valence-electron chi connectivity index (χ3n) is 3.98. The van der Waals surface area contributed by atoms with Gasteiger partial charge >= 0.3 is 0 Å². The summed E-state index contributed by atoms with van der Waals surface area (Å²) in [7, 11) is 1.52. The van der Waals surface area contributed by atoms with Crippen LogP contribution >= 0.6 is 0 Å². The molecule has 1 heterocycles. The lowest BCUT2D eigenvalue weighted by atomic mass is 10.1. The summed E-state index contributed by atoms with van der Waals surface area (Å²) in [5.74, 6) is 0.414. The number of nitrogens with zero attached hydrogens (tertiary/aromatic N) is 1. The predicted octanol–water partition coefficient (Wildman–Crippen LogP) is 1.53. The molecule has 0 radical (unpaired) electrons. The molecule has 0 spiro atoms. The van der Waals surface area contributed by atoms with E-state index in [2.05, 4.69) is 10.0 Å². The molecule has 2 aromatic rings. The minimum absolute atomic E-state index is 0.0564. The molecule has 0 aliphatic rings. The van der Waals surface area contributed by atoms with Gasteiger partial charge in [0.05, 0.1) is 17.2 Å². The van der Waals surface area contributed by atoms with Gasteiger partial charge in [0, 0.05) is 12.1 Å². The lowest BCUT2D eigenvalue weighted by Gasteiger charge is -2.22. The third kappa shape index (κ3) is 4.47. The first-order valence-corrected chi connectivity index (χ1v) is 9.27. The number of sulfonamides is 1. The van der Waals surface area contributed by atoms with Crippen molar-refractivity contribution in [2.75, 3.05) is 27.7 Å². The molecule has 0 aliphatic carbocycles. The summed E-state index contributed by atoms with van der Waals surface area (Å²) in [5.41, 5.74) is 1.03. The Morgan fingerprint density at radius 1 is 1.28 bits per heavy atom. The Morgan fingerprint density at radius 3 is 2.56 bits per heavy atom. The summed E-state index contributed by atoms with van der Waals surface area (Å²) in [6, 6.07) is 8.00. The standard InChI is InChI=1S/C17H23N3O4S/c1-12-7-8-13(25(22,23)18-2)10-14(12)17(21)19-11-15(20(3)4)16-6-5-9-24-16/h5-10,15,18H,11H2,1-4H3,(H,19,21). The highest BCUT2D eigenvalue weighted by Gasteiger charge is 2.20. The fourth-order valence-corrected chi connectivity index (χ4v) is 3.19. The number of nitrogens with one attached hydrogen (secondary N) is 2. The highest BCUT2D eigenvalue weighted by atomic mass is 32.2. The zero-order chi connectivity index (χ0) is 18.6. The van der Waals surface area contributed by atoms with Crippen molar-refractivity contribution >= 4 is 15.9 Å². The zero-order valence-electron chi connectivity index (χ0n) is 14.7. The van der Waals surface area contributed by atoms with Crippen LogP contribution in [0.1, 0.15) is 27.7 Å². The molecule has 0 aliphatic heterocycles. The van der Waals surface area contributed by atoms with Gasteiger partial charge in [0.1, 0.15) is 5.76 Å². The maximum atomic E-state index is 12.6. The monoisotopic (exact) mass is 365 g/mol. The summed E-state index contributed by atoms with van der Waals surface area (Å²) < 4.78 is 31.5. The van der Waals surface area contributed by atoms with Gasteiger partial charge in [0.2, 0.25) is 10.0 Å². The van der Waals surface area contributed by atoms with Crippen molar-refractivity contribution in [2.45, 2.75) is 17.9 Å². The van der Waals surface area contributed by atoms with E-state index in [0.717, 1.165) is 5.76 Å². The fourth-order valence-electron chi connectivity index (χ4n) is 2.43. The van der Waals surface area contributed by atoms with E-state index in [1.807, 2.05) is 25.1 Å². The number of carbonyl (C=O) groups excluding carboxylic acids is 1. The Hall–Kier alpha value is -2.16. The van der Waals surface area contributed by atoms with Gasteiger partial charge in [-0.05, 0) is 57.9 Å². The molecule has 25 heavy (non-hydrogen) atoms. The van der Waals surface area contributed by atoms with E-state index in [4.69, 9.17) is 4.42 Å². The van der Waals surface area contributed by atoms with Gasteiger partial charge in [-0.3, -0.25) is 9.69 Å². The van der Waals surface area contributed by atoms with E-state index >= 15 is 0 Å². The SMILES string of the molecule is CNS(=O)(=O)c1ccc(C)c(C(=O)NCC(c2ccco2)N(C)C)c1. The maximum absolute atomic E-state index is 12.6. The molecule has 8 heteroatoms. The number of carbonyl (C=O) groups is 1. The molecule has 0 saturated heterocycles. The molecular weight excluding hydrogens is 342 g/mol. The van der Waals surface area contributed by atoms with Crippen molar-refractivity contribution in [1.29, 1.82) is 0 Å². The van der Waals surface area contributed by atoms with E-state index in [1.165, 1.54) is 19.2 Å². The van der Waals surface area contributed by atoms with Crippen LogP contribution in [-0.4, -0.2) is 46.9 Å². The minimum atomic E-state index is -3.60. The lowest BCUT2D eigenvalue weighted by Crippen LogP contribution is -2.34. The second-order valence-corrected chi connectivity index (χ2v) is 7.78. The number of benzene rings is 1. The summed E-state index contributed by atoms with van der Waals surface area (Å²) >= 11 is 0. The first kappa shape index (κ1) is 19.2. The largest absolute Gasteiger partial charge is 0.468 e. The number of hydrogen-bond acceptors (Lipinski definition) is 5. The van der Waals surface area contributed by atoms with E-state index in [1.54, 1.807) is 25.3 Å². The van der Waals surface area contributed by atoms with E-state index in [0.29, 0.717) is 17.7 Å². The van der Waals surface area contributed by atoms with Gasteiger partial charge in [-0.15, -0.1) is 0 Å². The van der Waals surface area contributed by atoms with E-state index in [-0.39, 0.29) is 16.8 Å². The Morgan fingerprint density at radius 2 is 2.00 bits per heavy atom. The number of amides is 1. The first-order chi connectivity index (χ1) is 11.8. The molecule has 2 N–H and O–H groups in total. The van der Waals surface area contributed by atoms with Crippen LogP contribution in [0.2, 0.25) is 0 Å². The second kappa shape index (κ2) is 7.81. The van der Waals surface area contributed by atoms with Gasteiger partial charge in [-0.25, -0.2) is 13.1 Å².